The van der Waals surface area contributed by atoms with Gasteiger partial charge in [0.1, 0.15) is 11.5 Å². The van der Waals surface area contributed by atoms with Gasteiger partial charge in [-0.05, 0) is 24.7 Å². The molecule has 2 rings (SSSR count). The van der Waals surface area contributed by atoms with Gasteiger partial charge in [-0.15, -0.1) is 0 Å². The zero-order valence-electron chi connectivity index (χ0n) is 14.0. The molecule has 0 saturated carbocycles. The number of hydrogen-bond acceptors (Lipinski definition) is 4. The van der Waals surface area contributed by atoms with Gasteiger partial charge in [-0.1, -0.05) is 28.1 Å². The van der Waals surface area contributed by atoms with Crippen molar-refractivity contribution in [3.8, 4) is 11.5 Å². The molecule has 0 aliphatic heterocycles. The van der Waals surface area contributed by atoms with Crippen LogP contribution in [0.15, 0.2) is 46.9 Å². The summed E-state index contributed by atoms with van der Waals surface area (Å²) < 4.78 is 11.4. The highest BCUT2D eigenvalue weighted by molar-refractivity contribution is 9.10. The summed E-state index contributed by atoms with van der Waals surface area (Å²) in [7, 11) is 5.06. The number of carbonyl (C=O) groups excluding carboxylic acids is 1. The lowest BCUT2D eigenvalue weighted by atomic mass is 10.2. The monoisotopic (exact) mass is 392 g/mol. The Bertz CT molecular complexity index is 667. The zero-order valence-corrected chi connectivity index (χ0v) is 15.6. The normalized spacial score (nSPS) is 10.5. The Morgan fingerprint density at radius 3 is 2.21 bits per heavy atom. The Morgan fingerprint density at radius 1 is 1.08 bits per heavy atom. The maximum atomic E-state index is 12.2. The lowest BCUT2D eigenvalue weighted by Crippen LogP contribution is -2.29. The van der Waals surface area contributed by atoms with Crippen LogP contribution in [0.25, 0.3) is 0 Å². The maximum Gasteiger partial charge on any atom is 0.238 e. The summed E-state index contributed by atoms with van der Waals surface area (Å²) in [6, 6.07) is 13.3. The van der Waals surface area contributed by atoms with E-state index in [4.69, 9.17) is 9.47 Å². The molecule has 0 saturated heterocycles. The second-order valence-electron chi connectivity index (χ2n) is 5.45. The minimum absolute atomic E-state index is 0.0927. The Hall–Kier alpha value is -2.05. The Kier molecular flexibility index (Phi) is 6.63. The third-order valence-corrected chi connectivity index (χ3v) is 3.94. The van der Waals surface area contributed by atoms with Gasteiger partial charge in [0.15, 0.2) is 0 Å². The number of benzene rings is 2. The lowest BCUT2D eigenvalue weighted by molar-refractivity contribution is -0.117. The van der Waals surface area contributed by atoms with Crippen LogP contribution in [0.5, 0.6) is 11.5 Å². The average molecular weight is 393 g/mol. The van der Waals surface area contributed by atoms with Gasteiger partial charge < -0.3 is 14.8 Å². The minimum Gasteiger partial charge on any atom is -0.497 e. The van der Waals surface area contributed by atoms with Crippen LogP contribution in [0.2, 0.25) is 0 Å². The zero-order chi connectivity index (χ0) is 17.5. The van der Waals surface area contributed by atoms with Gasteiger partial charge in [-0.3, -0.25) is 9.69 Å². The minimum atomic E-state index is -0.0927. The third-order valence-electron chi connectivity index (χ3n) is 3.41. The van der Waals surface area contributed by atoms with E-state index in [2.05, 4.69) is 21.2 Å². The number of anilines is 1. The molecule has 0 bridgehead atoms. The van der Waals surface area contributed by atoms with Gasteiger partial charge in [0.25, 0.3) is 0 Å². The second-order valence-corrected chi connectivity index (χ2v) is 6.36. The summed E-state index contributed by atoms with van der Waals surface area (Å²) in [6.45, 7) is 0.984. The molecule has 24 heavy (non-hydrogen) atoms. The Labute approximate surface area is 150 Å². The topological polar surface area (TPSA) is 50.8 Å². The highest BCUT2D eigenvalue weighted by Gasteiger charge is 2.09. The molecule has 0 unspecified atom stereocenters. The molecule has 1 amide bonds. The van der Waals surface area contributed by atoms with Gasteiger partial charge in [-0.25, -0.2) is 0 Å². The van der Waals surface area contributed by atoms with Crippen molar-refractivity contribution >= 4 is 27.5 Å². The number of likely N-dealkylation sites (N-methyl/N-ethyl adjacent to an activating group) is 1. The van der Waals surface area contributed by atoms with Crippen LogP contribution >= 0.6 is 15.9 Å². The van der Waals surface area contributed by atoms with Crippen LogP contribution < -0.4 is 14.8 Å². The first-order valence-electron chi connectivity index (χ1n) is 7.46. The van der Waals surface area contributed by atoms with Gasteiger partial charge in [0, 0.05) is 34.9 Å². The molecule has 5 nitrogen and oxygen atoms in total. The SMILES string of the molecule is COc1cc(NC(=O)CN(C)Cc2ccc(Br)cc2)cc(OC)c1. The summed E-state index contributed by atoms with van der Waals surface area (Å²) in [5.41, 5.74) is 1.80. The third kappa shape index (κ3) is 5.54. The summed E-state index contributed by atoms with van der Waals surface area (Å²) in [4.78, 5) is 14.2. The van der Waals surface area contributed by atoms with E-state index in [-0.39, 0.29) is 12.5 Å². The number of methoxy groups -OCH3 is 2. The van der Waals surface area contributed by atoms with E-state index >= 15 is 0 Å². The van der Waals surface area contributed by atoms with Gasteiger partial charge in [-0.2, -0.15) is 0 Å². The van der Waals surface area contributed by atoms with Crippen LogP contribution in [0, 0.1) is 0 Å². The van der Waals surface area contributed by atoms with Crippen molar-refractivity contribution in [1.82, 2.24) is 4.90 Å². The first-order chi connectivity index (χ1) is 11.5. The van der Waals surface area contributed by atoms with Crippen molar-refractivity contribution in [3.05, 3.63) is 52.5 Å². The van der Waals surface area contributed by atoms with E-state index in [1.165, 1.54) is 0 Å². The fraction of sp³-hybridized carbons (Fsp3) is 0.278. The van der Waals surface area contributed by atoms with Gasteiger partial charge >= 0.3 is 0 Å². The molecular formula is C18H21BrN2O3. The van der Waals surface area contributed by atoms with Crippen molar-refractivity contribution < 1.29 is 14.3 Å². The standard InChI is InChI=1S/C18H21BrN2O3/c1-21(11-13-4-6-14(19)7-5-13)12-18(22)20-15-8-16(23-2)10-17(9-15)24-3/h4-10H,11-12H2,1-3H3,(H,20,22). The fourth-order valence-electron chi connectivity index (χ4n) is 2.28. The first kappa shape index (κ1) is 18.3. The summed E-state index contributed by atoms with van der Waals surface area (Å²) in [6.07, 6.45) is 0. The number of amides is 1. The van der Waals surface area contributed by atoms with Gasteiger partial charge in [0.05, 0.1) is 20.8 Å². The number of nitrogens with one attached hydrogen (secondary N) is 1. The number of halogens is 1. The molecule has 0 atom stereocenters. The molecule has 0 heterocycles. The van der Waals surface area contributed by atoms with E-state index in [1.807, 2.05) is 36.2 Å². The Morgan fingerprint density at radius 2 is 1.67 bits per heavy atom. The number of ether oxygens (including phenoxy) is 2. The number of carbonyl (C=O) groups is 1. The van der Waals surface area contributed by atoms with E-state index in [1.54, 1.807) is 32.4 Å². The molecule has 0 radical (unpaired) electrons. The Balaban J connectivity index is 1.93. The molecule has 128 valence electrons. The van der Waals surface area contributed by atoms with Crippen LogP contribution in [-0.4, -0.2) is 38.6 Å². The van der Waals surface area contributed by atoms with E-state index in [0.29, 0.717) is 23.7 Å². The molecule has 2 aromatic carbocycles. The van der Waals surface area contributed by atoms with Crippen LogP contribution in [0.1, 0.15) is 5.56 Å². The average Bonchev–Trinajstić information content (AvgIpc) is 2.56. The van der Waals surface area contributed by atoms with E-state index in [0.717, 1.165) is 10.0 Å². The summed E-state index contributed by atoms with van der Waals surface area (Å²) in [5.74, 6) is 1.17. The van der Waals surface area contributed by atoms with Crippen molar-refractivity contribution in [3.63, 3.8) is 0 Å². The lowest BCUT2D eigenvalue weighted by Gasteiger charge is -2.17. The largest absolute Gasteiger partial charge is 0.497 e. The number of hydrogen-bond donors (Lipinski definition) is 1. The predicted molar refractivity (Wildman–Crippen MR) is 98.7 cm³/mol. The van der Waals surface area contributed by atoms with Crippen molar-refractivity contribution in [1.29, 1.82) is 0 Å². The number of rotatable bonds is 7. The van der Waals surface area contributed by atoms with Crippen LogP contribution in [0.4, 0.5) is 5.69 Å². The number of nitrogens with zero attached hydrogens (tertiary/aromatic N) is 1. The highest BCUT2D eigenvalue weighted by Crippen LogP contribution is 2.25. The molecule has 0 aromatic heterocycles. The fourth-order valence-corrected chi connectivity index (χ4v) is 2.55. The molecule has 0 spiro atoms. The smallest absolute Gasteiger partial charge is 0.238 e. The van der Waals surface area contributed by atoms with E-state index in [9.17, 15) is 4.79 Å². The summed E-state index contributed by atoms with van der Waals surface area (Å²) >= 11 is 3.41. The maximum absolute atomic E-state index is 12.2. The van der Waals surface area contributed by atoms with E-state index < -0.39 is 0 Å². The molecule has 1 N–H and O–H groups in total. The van der Waals surface area contributed by atoms with Gasteiger partial charge in [0.2, 0.25) is 5.91 Å². The molecule has 2 aromatic rings. The second kappa shape index (κ2) is 8.70. The van der Waals surface area contributed by atoms with Crippen molar-refractivity contribution in [2.24, 2.45) is 0 Å². The van der Waals surface area contributed by atoms with Crippen molar-refractivity contribution in [2.45, 2.75) is 6.54 Å². The molecule has 0 aliphatic rings. The quantitative estimate of drug-likeness (QED) is 0.782. The van der Waals surface area contributed by atoms with Crippen molar-refractivity contribution in [2.75, 3.05) is 33.1 Å². The van der Waals surface area contributed by atoms with Crippen LogP contribution in [0.3, 0.4) is 0 Å². The molecular weight excluding hydrogens is 372 g/mol. The highest BCUT2D eigenvalue weighted by atomic mass is 79.9. The van der Waals surface area contributed by atoms with Crippen LogP contribution in [-0.2, 0) is 11.3 Å². The molecule has 6 heteroatoms. The molecule has 0 aliphatic carbocycles. The predicted octanol–water partition coefficient (Wildman–Crippen LogP) is 3.54. The molecule has 0 fully saturated rings. The summed E-state index contributed by atoms with van der Waals surface area (Å²) in [5, 5.41) is 2.87. The first-order valence-corrected chi connectivity index (χ1v) is 8.25.